The molecule has 1 aromatic carbocycles. The number of rotatable bonds is 6. The Morgan fingerprint density at radius 1 is 1.25 bits per heavy atom. The van der Waals surface area contributed by atoms with Crippen LogP contribution in [0.25, 0.3) is 6.08 Å². The van der Waals surface area contributed by atoms with Gasteiger partial charge in [-0.1, -0.05) is 25.5 Å². The first-order valence-electron chi connectivity index (χ1n) is 5.72. The molecule has 0 saturated heterocycles. The highest BCUT2D eigenvalue weighted by Gasteiger charge is 2.01. The summed E-state index contributed by atoms with van der Waals surface area (Å²) in [5.41, 5.74) is 1.11. The van der Waals surface area contributed by atoms with Crippen molar-refractivity contribution >= 4 is 6.08 Å². The second-order valence-corrected chi connectivity index (χ2v) is 3.82. The van der Waals surface area contributed by atoms with E-state index in [-0.39, 0.29) is 6.10 Å². The molecule has 0 saturated carbocycles. The van der Waals surface area contributed by atoms with Crippen molar-refractivity contribution in [3.8, 4) is 5.75 Å². The molecule has 0 heterocycles. The Bertz CT molecular complexity index is 314. The lowest BCUT2D eigenvalue weighted by atomic mass is 10.2. The lowest BCUT2D eigenvalue weighted by Gasteiger charge is -2.13. The van der Waals surface area contributed by atoms with E-state index in [2.05, 4.69) is 13.8 Å². The van der Waals surface area contributed by atoms with Gasteiger partial charge in [0.25, 0.3) is 0 Å². The highest BCUT2D eigenvalue weighted by atomic mass is 16.5. The topological polar surface area (TPSA) is 18.5 Å². The maximum absolute atomic E-state index is 5.76. The SMILES string of the molecule is CCCC(C)Oc1ccc(C=COC)cc1. The smallest absolute Gasteiger partial charge is 0.119 e. The zero-order valence-corrected chi connectivity index (χ0v) is 10.3. The minimum atomic E-state index is 0.283. The van der Waals surface area contributed by atoms with Crippen molar-refractivity contribution in [2.75, 3.05) is 7.11 Å². The number of methoxy groups -OCH3 is 1. The van der Waals surface area contributed by atoms with E-state index < -0.39 is 0 Å². The quantitative estimate of drug-likeness (QED) is 0.677. The summed E-state index contributed by atoms with van der Waals surface area (Å²) in [6.07, 6.45) is 6.10. The van der Waals surface area contributed by atoms with Gasteiger partial charge < -0.3 is 9.47 Å². The van der Waals surface area contributed by atoms with Crippen molar-refractivity contribution in [1.29, 1.82) is 0 Å². The Hall–Kier alpha value is -1.44. The Labute approximate surface area is 97.9 Å². The summed E-state index contributed by atoms with van der Waals surface area (Å²) in [7, 11) is 1.64. The van der Waals surface area contributed by atoms with Gasteiger partial charge in [-0.2, -0.15) is 0 Å². The molecule has 2 nitrogen and oxygen atoms in total. The van der Waals surface area contributed by atoms with Gasteiger partial charge in [0.05, 0.1) is 19.5 Å². The molecule has 0 bridgehead atoms. The first kappa shape index (κ1) is 12.6. The molecule has 1 rings (SSSR count). The summed E-state index contributed by atoms with van der Waals surface area (Å²) in [6.45, 7) is 4.26. The van der Waals surface area contributed by atoms with E-state index in [1.165, 1.54) is 0 Å². The maximum Gasteiger partial charge on any atom is 0.119 e. The molecule has 1 unspecified atom stereocenters. The summed E-state index contributed by atoms with van der Waals surface area (Å²) in [5.74, 6) is 0.926. The molecule has 16 heavy (non-hydrogen) atoms. The molecule has 0 N–H and O–H groups in total. The minimum Gasteiger partial charge on any atom is -0.504 e. The van der Waals surface area contributed by atoms with Crippen LogP contribution >= 0.6 is 0 Å². The van der Waals surface area contributed by atoms with Gasteiger partial charge in [-0.3, -0.25) is 0 Å². The highest BCUT2D eigenvalue weighted by Crippen LogP contribution is 2.16. The van der Waals surface area contributed by atoms with Crippen LogP contribution in [-0.4, -0.2) is 13.2 Å². The van der Waals surface area contributed by atoms with Crippen LogP contribution in [0.5, 0.6) is 5.75 Å². The fourth-order valence-electron chi connectivity index (χ4n) is 1.50. The van der Waals surface area contributed by atoms with E-state index in [0.29, 0.717) is 0 Å². The van der Waals surface area contributed by atoms with E-state index in [4.69, 9.17) is 9.47 Å². The second kappa shape index (κ2) is 6.94. The minimum absolute atomic E-state index is 0.283. The normalized spacial score (nSPS) is 12.7. The molecule has 1 atom stereocenters. The van der Waals surface area contributed by atoms with Gasteiger partial charge in [0.1, 0.15) is 5.75 Å². The predicted molar refractivity (Wildman–Crippen MR) is 67.5 cm³/mol. The molecule has 0 aliphatic heterocycles. The molecule has 0 amide bonds. The zero-order valence-electron chi connectivity index (χ0n) is 10.3. The van der Waals surface area contributed by atoms with Gasteiger partial charge in [-0.25, -0.2) is 0 Å². The van der Waals surface area contributed by atoms with E-state index in [1.807, 2.05) is 30.3 Å². The van der Waals surface area contributed by atoms with Crippen LogP contribution < -0.4 is 4.74 Å². The lowest BCUT2D eigenvalue weighted by molar-refractivity contribution is 0.210. The standard InChI is InChI=1S/C14H20O2/c1-4-5-12(2)16-14-8-6-13(7-9-14)10-11-15-3/h6-12H,4-5H2,1-3H3. The molecule has 0 aromatic heterocycles. The summed E-state index contributed by atoms with van der Waals surface area (Å²) < 4.78 is 10.6. The molecular weight excluding hydrogens is 200 g/mol. The van der Waals surface area contributed by atoms with Gasteiger partial charge >= 0.3 is 0 Å². The maximum atomic E-state index is 5.76. The highest BCUT2D eigenvalue weighted by molar-refractivity contribution is 5.49. The predicted octanol–water partition coefficient (Wildman–Crippen LogP) is 3.87. The summed E-state index contributed by atoms with van der Waals surface area (Å²) in [4.78, 5) is 0. The van der Waals surface area contributed by atoms with Crippen LogP contribution in [0.1, 0.15) is 32.3 Å². The van der Waals surface area contributed by atoms with Crippen LogP contribution in [0.4, 0.5) is 0 Å². The Morgan fingerprint density at radius 3 is 2.50 bits per heavy atom. The van der Waals surface area contributed by atoms with Crippen molar-refractivity contribution in [1.82, 2.24) is 0 Å². The summed E-state index contributed by atoms with van der Waals surface area (Å²) in [6, 6.07) is 8.01. The van der Waals surface area contributed by atoms with E-state index in [0.717, 1.165) is 24.2 Å². The number of hydrogen-bond donors (Lipinski definition) is 0. The van der Waals surface area contributed by atoms with Crippen LogP contribution in [0, 0.1) is 0 Å². The van der Waals surface area contributed by atoms with Crippen molar-refractivity contribution in [3.63, 3.8) is 0 Å². The third-order valence-electron chi connectivity index (χ3n) is 2.31. The van der Waals surface area contributed by atoms with E-state index in [1.54, 1.807) is 13.4 Å². The average Bonchev–Trinajstić information content (AvgIpc) is 2.28. The van der Waals surface area contributed by atoms with Crippen molar-refractivity contribution < 1.29 is 9.47 Å². The van der Waals surface area contributed by atoms with Crippen LogP contribution in [0.3, 0.4) is 0 Å². The number of hydrogen-bond acceptors (Lipinski definition) is 2. The van der Waals surface area contributed by atoms with E-state index in [9.17, 15) is 0 Å². The Morgan fingerprint density at radius 2 is 1.94 bits per heavy atom. The molecule has 0 spiro atoms. The Balaban J connectivity index is 2.54. The zero-order chi connectivity index (χ0) is 11.8. The van der Waals surface area contributed by atoms with Gasteiger partial charge in [0.15, 0.2) is 0 Å². The number of benzene rings is 1. The number of ether oxygens (including phenoxy) is 2. The van der Waals surface area contributed by atoms with Crippen LogP contribution in [0.2, 0.25) is 0 Å². The van der Waals surface area contributed by atoms with Crippen LogP contribution in [-0.2, 0) is 4.74 Å². The largest absolute Gasteiger partial charge is 0.504 e. The van der Waals surface area contributed by atoms with Gasteiger partial charge in [0.2, 0.25) is 0 Å². The van der Waals surface area contributed by atoms with Crippen molar-refractivity contribution in [2.24, 2.45) is 0 Å². The van der Waals surface area contributed by atoms with Crippen molar-refractivity contribution in [3.05, 3.63) is 36.1 Å². The monoisotopic (exact) mass is 220 g/mol. The third kappa shape index (κ3) is 4.39. The van der Waals surface area contributed by atoms with Gasteiger partial charge in [-0.05, 0) is 37.1 Å². The molecule has 2 heteroatoms. The molecule has 0 fully saturated rings. The molecule has 0 radical (unpaired) electrons. The first-order chi connectivity index (χ1) is 7.76. The van der Waals surface area contributed by atoms with Crippen LogP contribution in [0.15, 0.2) is 30.5 Å². The molecule has 0 aliphatic carbocycles. The molecule has 88 valence electrons. The van der Waals surface area contributed by atoms with Gasteiger partial charge in [-0.15, -0.1) is 0 Å². The lowest BCUT2D eigenvalue weighted by Crippen LogP contribution is -2.10. The third-order valence-corrected chi connectivity index (χ3v) is 2.31. The van der Waals surface area contributed by atoms with E-state index >= 15 is 0 Å². The van der Waals surface area contributed by atoms with Crippen molar-refractivity contribution in [2.45, 2.75) is 32.8 Å². The molecule has 1 aromatic rings. The molecule has 0 aliphatic rings. The average molecular weight is 220 g/mol. The van der Waals surface area contributed by atoms with Gasteiger partial charge in [0, 0.05) is 0 Å². The second-order valence-electron chi connectivity index (χ2n) is 3.82. The summed E-state index contributed by atoms with van der Waals surface area (Å²) >= 11 is 0. The Kier molecular flexibility index (Phi) is 5.48. The fraction of sp³-hybridized carbons (Fsp3) is 0.429. The summed E-state index contributed by atoms with van der Waals surface area (Å²) in [5, 5.41) is 0. The first-order valence-corrected chi connectivity index (χ1v) is 5.72. The fourth-order valence-corrected chi connectivity index (χ4v) is 1.50. The molecular formula is C14H20O2.